The van der Waals surface area contributed by atoms with E-state index in [1.165, 1.54) is 6.42 Å². The molecular weight excluding hydrogens is 135 g/mol. The summed E-state index contributed by atoms with van der Waals surface area (Å²) in [5, 5.41) is 0. The standard InChI is InChI=1S/C6H11O2P/c7-9(8)6-4-2-1-3-5-6/h6H,1-5H2/p+1. The summed E-state index contributed by atoms with van der Waals surface area (Å²) in [5.41, 5.74) is 0.119. The quantitative estimate of drug-likeness (QED) is 0.576. The fourth-order valence-corrected chi connectivity index (χ4v) is 2.11. The van der Waals surface area contributed by atoms with Crippen molar-refractivity contribution in [2.24, 2.45) is 0 Å². The summed E-state index contributed by atoms with van der Waals surface area (Å²) in [6.45, 7) is 0. The minimum absolute atomic E-state index is 0.119. The Hall–Kier alpha value is 0.0600. The molecule has 0 amide bonds. The molecule has 52 valence electrons. The molecule has 0 aromatic heterocycles. The van der Waals surface area contributed by atoms with Gasteiger partial charge < -0.3 is 0 Å². The minimum atomic E-state index is -1.87. The van der Waals surface area contributed by atoms with Crippen LogP contribution in [0.2, 0.25) is 0 Å². The van der Waals surface area contributed by atoms with Gasteiger partial charge in [0.15, 0.2) is 5.66 Å². The van der Waals surface area contributed by atoms with Gasteiger partial charge in [0, 0.05) is 0 Å². The topological polar surface area (TPSA) is 37.3 Å². The van der Waals surface area contributed by atoms with Crippen LogP contribution in [0.1, 0.15) is 32.1 Å². The molecule has 1 unspecified atom stereocenters. The zero-order valence-electron chi connectivity index (χ0n) is 5.42. The predicted octanol–water partition coefficient (Wildman–Crippen LogP) is 2.05. The Labute approximate surface area is 56.1 Å². The summed E-state index contributed by atoms with van der Waals surface area (Å²) >= 11 is 0. The maximum Gasteiger partial charge on any atom is 0.508 e. The molecule has 0 aliphatic heterocycles. The zero-order chi connectivity index (χ0) is 6.69. The van der Waals surface area contributed by atoms with E-state index < -0.39 is 8.03 Å². The van der Waals surface area contributed by atoms with Gasteiger partial charge in [0.1, 0.15) is 0 Å². The number of hydrogen-bond donors (Lipinski definition) is 1. The maximum absolute atomic E-state index is 10.5. The van der Waals surface area contributed by atoms with Gasteiger partial charge >= 0.3 is 8.03 Å². The first-order valence-corrected chi connectivity index (χ1v) is 4.74. The van der Waals surface area contributed by atoms with Crippen molar-refractivity contribution in [3.05, 3.63) is 0 Å². The molecule has 0 aromatic rings. The van der Waals surface area contributed by atoms with Crippen LogP contribution in [0.4, 0.5) is 0 Å². The van der Waals surface area contributed by atoms with Gasteiger partial charge in [-0.05, 0) is 30.2 Å². The summed E-state index contributed by atoms with van der Waals surface area (Å²) < 4.78 is 10.5. The summed E-state index contributed by atoms with van der Waals surface area (Å²) in [6, 6.07) is 0. The predicted molar refractivity (Wildman–Crippen MR) is 36.7 cm³/mol. The summed E-state index contributed by atoms with van der Waals surface area (Å²) in [6.07, 6.45) is 5.47. The average Bonchev–Trinajstić information content (AvgIpc) is 1.90. The van der Waals surface area contributed by atoms with Crippen molar-refractivity contribution in [3.63, 3.8) is 0 Å². The molecule has 1 aliphatic carbocycles. The Morgan fingerprint density at radius 1 is 1.22 bits per heavy atom. The second kappa shape index (κ2) is 3.28. The van der Waals surface area contributed by atoms with Gasteiger partial charge in [-0.2, -0.15) is 4.89 Å². The number of rotatable bonds is 1. The lowest BCUT2D eigenvalue weighted by Gasteiger charge is -2.09. The van der Waals surface area contributed by atoms with Gasteiger partial charge in [-0.15, -0.1) is 0 Å². The lowest BCUT2D eigenvalue weighted by molar-refractivity contribution is 0.442. The van der Waals surface area contributed by atoms with Gasteiger partial charge in [0.2, 0.25) is 0 Å². The fraction of sp³-hybridized carbons (Fsp3) is 1.00. The lowest BCUT2D eigenvalue weighted by atomic mass is 10.0. The Bertz CT molecular complexity index is 108. The third-order valence-electron chi connectivity index (χ3n) is 1.89. The molecule has 0 bridgehead atoms. The molecule has 2 nitrogen and oxygen atoms in total. The first-order valence-electron chi connectivity index (χ1n) is 3.46. The van der Waals surface area contributed by atoms with Gasteiger partial charge in [0.05, 0.1) is 0 Å². The van der Waals surface area contributed by atoms with E-state index in [1.54, 1.807) is 0 Å². The molecule has 3 heteroatoms. The molecule has 1 rings (SSSR count). The molecule has 0 spiro atoms. The third-order valence-corrected chi connectivity index (χ3v) is 3.03. The Morgan fingerprint density at radius 3 is 2.11 bits per heavy atom. The molecule has 1 atom stereocenters. The second-order valence-electron chi connectivity index (χ2n) is 2.59. The lowest BCUT2D eigenvalue weighted by Crippen LogP contribution is -2.06. The molecule has 0 radical (unpaired) electrons. The minimum Gasteiger partial charge on any atom is -0.161 e. The van der Waals surface area contributed by atoms with E-state index in [-0.39, 0.29) is 5.66 Å². The van der Waals surface area contributed by atoms with Gasteiger partial charge in [-0.25, -0.2) is 0 Å². The molecule has 9 heavy (non-hydrogen) atoms. The first kappa shape index (κ1) is 7.17. The highest BCUT2D eigenvalue weighted by Crippen LogP contribution is 2.34. The molecule has 1 fully saturated rings. The summed E-state index contributed by atoms with van der Waals surface area (Å²) in [5.74, 6) is 0. The van der Waals surface area contributed by atoms with E-state index in [9.17, 15) is 4.57 Å². The van der Waals surface area contributed by atoms with Crippen LogP contribution in [-0.2, 0) is 4.57 Å². The van der Waals surface area contributed by atoms with Crippen molar-refractivity contribution in [3.8, 4) is 0 Å². The molecule has 1 saturated carbocycles. The maximum atomic E-state index is 10.5. The smallest absolute Gasteiger partial charge is 0.161 e. The SMILES string of the molecule is O=[P+](O)C1CCCCC1. The van der Waals surface area contributed by atoms with Gasteiger partial charge in [0.25, 0.3) is 0 Å². The van der Waals surface area contributed by atoms with Crippen LogP contribution in [0.15, 0.2) is 0 Å². The van der Waals surface area contributed by atoms with Crippen LogP contribution in [0, 0.1) is 0 Å². The zero-order valence-corrected chi connectivity index (χ0v) is 6.31. The molecule has 1 N–H and O–H groups in total. The van der Waals surface area contributed by atoms with Gasteiger partial charge in [-0.1, -0.05) is 6.42 Å². The van der Waals surface area contributed by atoms with E-state index in [2.05, 4.69) is 0 Å². The van der Waals surface area contributed by atoms with Crippen molar-refractivity contribution >= 4 is 8.03 Å². The van der Waals surface area contributed by atoms with Crippen molar-refractivity contribution in [1.82, 2.24) is 0 Å². The largest absolute Gasteiger partial charge is 0.508 e. The first-order chi connectivity index (χ1) is 4.30. The summed E-state index contributed by atoms with van der Waals surface area (Å²) in [7, 11) is -1.87. The normalized spacial score (nSPS) is 23.9. The molecule has 0 saturated heterocycles. The Morgan fingerprint density at radius 2 is 1.78 bits per heavy atom. The fourth-order valence-electron chi connectivity index (χ4n) is 1.30. The van der Waals surface area contributed by atoms with Crippen LogP contribution in [0.3, 0.4) is 0 Å². The van der Waals surface area contributed by atoms with Gasteiger partial charge in [-0.3, -0.25) is 0 Å². The van der Waals surface area contributed by atoms with Crippen LogP contribution < -0.4 is 0 Å². The van der Waals surface area contributed by atoms with Crippen molar-refractivity contribution in [1.29, 1.82) is 0 Å². The second-order valence-corrected chi connectivity index (χ2v) is 3.93. The van der Waals surface area contributed by atoms with Crippen LogP contribution in [0.5, 0.6) is 0 Å². The van der Waals surface area contributed by atoms with Crippen molar-refractivity contribution < 1.29 is 9.46 Å². The van der Waals surface area contributed by atoms with Crippen LogP contribution in [-0.4, -0.2) is 10.6 Å². The van der Waals surface area contributed by atoms with Crippen molar-refractivity contribution in [2.75, 3.05) is 0 Å². The highest BCUT2D eigenvalue weighted by Gasteiger charge is 2.29. The van der Waals surface area contributed by atoms with E-state index in [0.717, 1.165) is 25.7 Å². The molecule has 1 aliphatic rings. The highest BCUT2D eigenvalue weighted by molar-refractivity contribution is 7.38. The molecule has 0 aromatic carbocycles. The summed E-state index contributed by atoms with van der Waals surface area (Å²) in [4.78, 5) is 8.69. The monoisotopic (exact) mass is 147 g/mol. The van der Waals surface area contributed by atoms with E-state index >= 15 is 0 Å². The number of hydrogen-bond acceptors (Lipinski definition) is 1. The molecular formula is C6H12O2P+. The Kier molecular flexibility index (Phi) is 2.62. The van der Waals surface area contributed by atoms with E-state index in [1.807, 2.05) is 0 Å². The average molecular weight is 147 g/mol. The Balaban J connectivity index is 2.31. The van der Waals surface area contributed by atoms with E-state index in [0.29, 0.717) is 0 Å². The van der Waals surface area contributed by atoms with Crippen LogP contribution in [0.25, 0.3) is 0 Å². The van der Waals surface area contributed by atoms with Crippen LogP contribution >= 0.6 is 8.03 Å². The molecule has 0 heterocycles. The van der Waals surface area contributed by atoms with Crippen molar-refractivity contribution in [2.45, 2.75) is 37.8 Å². The highest BCUT2D eigenvalue weighted by atomic mass is 31.1. The van der Waals surface area contributed by atoms with E-state index in [4.69, 9.17) is 4.89 Å². The third kappa shape index (κ3) is 2.04.